The summed E-state index contributed by atoms with van der Waals surface area (Å²) in [6.45, 7) is 1.15. The number of halogens is 1. The predicted octanol–water partition coefficient (Wildman–Crippen LogP) is 2.02. The molecule has 92 valence electrons. The quantitative estimate of drug-likeness (QED) is 0.769. The number of nitrogens with one attached hydrogen (secondary N) is 1. The lowest BCUT2D eigenvalue weighted by atomic mass is 10.1. The Hall–Kier alpha value is -1.42. The maximum absolute atomic E-state index is 13.4. The zero-order valence-corrected chi connectivity index (χ0v) is 9.83. The van der Waals surface area contributed by atoms with E-state index in [2.05, 4.69) is 5.32 Å². The number of methoxy groups -OCH3 is 1. The lowest BCUT2D eigenvalue weighted by Gasteiger charge is -2.05. The van der Waals surface area contributed by atoms with Crippen molar-refractivity contribution in [3.05, 3.63) is 29.6 Å². The number of carbonyl (C=O) groups excluding carboxylic acids is 1. The van der Waals surface area contributed by atoms with Crippen molar-refractivity contribution in [1.29, 1.82) is 0 Å². The molecule has 17 heavy (non-hydrogen) atoms. The molecule has 1 aliphatic rings. The lowest BCUT2D eigenvalue weighted by Crippen LogP contribution is -2.25. The zero-order chi connectivity index (χ0) is 12.3. The van der Waals surface area contributed by atoms with E-state index in [0.29, 0.717) is 5.56 Å². The summed E-state index contributed by atoms with van der Waals surface area (Å²) in [4.78, 5) is 11.7. The van der Waals surface area contributed by atoms with Gasteiger partial charge in [0.2, 0.25) is 0 Å². The van der Waals surface area contributed by atoms with Crippen LogP contribution < -0.4 is 10.1 Å². The molecule has 0 radical (unpaired) electrons. The minimum atomic E-state index is -0.499. The van der Waals surface area contributed by atoms with Gasteiger partial charge in [0, 0.05) is 5.56 Å². The second kappa shape index (κ2) is 5.27. The zero-order valence-electron chi connectivity index (χ0n) is 9.83. The third-order valence-corrected chi connectivity index (χ3v) is 2.89. The third kappa shape index (κ3) is 3.27. The molecule has 1 aromatic carbocycles. The van der Waals surface area contributed by atoms with Gasteiger partial charge < -0.3 is 10.1 Å². The highest BCUT2D eigenvalue weighted by Crippen LogP contribution is 2.27. The SMILES string of the molecule is COc1ccc(C(=O)CNCC2CC2)cc1F. The molecule has 0 saturated heterocycles. The van der Waals surface area contributed by atoms with E-state index in [4.69, 9.17) is 4.74 Å². The molecule has 3 nitrogen and oxygen atoms in total. The van der Waals surface area contributed by atoms with Crippen LogP contribution in [0.2, 0.25) is 0 Å². The molecule has 0 amide bonds. The molecule has 1 aromatic rings. The fourth-order valence-electron chi connectivity index (χ4n) is 1.65. The summed E-state index contributed by atoms with van der Waals surface area (Å²) in [6, 6.07) is 4.28. The monoisotopic (exact) mass is 237 g/mol. The molecule has 1 saturated carbocycles. The van der Waals surface area contributed by atoms with Crippen LogP contribution in [-0.2, 0) is 0 Å². The van der Waals surface area contributed by atoms with Crippen LogP contribution in [-0.4, -0.2) is 26.0 Å². The van der Waals surface area contributed by atoms with Gasteiger partial charge in [0.1, 0.15) is 0 Å². The summed E-state index contributed by atoms with van der Waals surface area (Å²) >= 11 is 0. The first kappa shape index (κ1) is 12.0. The van der Waals surface area contributed by atoms with Gasteiger partial charge in [0.25, 0.3) is 0 Å². The number of ketones is 1. The van der Waals surface area contributed by atoms with E-state index in [1.54, 1.807) is 6.07 Å². The summed E-state index contributed by atoms with van der Waals surface area (Å²) in [5.41, 5.74) is 0.381. The summed E-state index contributed by atoms with van der Waals surface area (Å²) < 4.78 is 18.2. The molecule has 0 unspecified atom stereocenters. The van der Waals surface area contributed by atoms with Crippen molar-refractivity contribution >= 4 is 5.78 Å². The first-order chi connectivity index (χ1) is 8.20. The van der Waals surface area contributed by atoms with Gasteiger partial charge in [0.05, 0.1) is 13.7 Å². The lowest BCUT2D eigenvalue weighted by molar-refractivity contribution is 0.0990. The summed E-state index contributed by atoms with van der Waals surface area (Å²) in [7, 11) is 1.40. The number of ether oxygens (including phenoxy) is 1. The molecule has 1 fully saturated rings. The van der Waals surface area contributed by atoms with Crippen molar-refractivity contribution in [3.8, 4) is 5.75 Å². The van der Waals surface area contributed by atoms with Crippen LogP contribution in [0.3, 0.4) is 0 Å². The van der Waals surface area contributed by atoms with Crippen LogP contribution in [0.1, 0.15) is 23.2 Å². The molecular weight excluding hydrogens is 221 g/mol. The predicted molar refractivity (Wildman–Crippen MR) is 62.9 cm³/mol. The van der Waals surface area contributed by atoms with Crippen LogP contribution in [0, 0.1) is 11.7 Å². The van der Waals surface area contributed by atoms with Crippen molar-refractivity contribution in [2.24, 2.45) is 5.92 Å². The summed E-state index contributed by atoms with van der Waals surface area (Å²) in [5, 5.41) is 3.09. The van der Waals surface area contributed by atoms with Gasteiger partial charge in [-0.3, -0.25) is 4.79 Å². The van der Waals surface area contributed by atoms with E-state index in [-0.39, 0.29) is 18.1 Å². The molecule has 0 spiro atoms. The molecule has 0 aromatic heterocycles. The molecule has 0 aliphatic heterocycles. The second-order valence-electron chi connectivity index (χ2n) is 4.35. The molecule has 0 bridgehead atoms. The summed E-state index contributed by atoms with van der Waals surface area (Å²) in [6.07, 6.45) is 2.50. The fraction of sp³-hybridized carbons (Fsp3) is 0.462. The molecule has 2 rings (SSSR count). The number of carbonyl (C=O) groups is 1. The smallest absolute Gasteiger partial charge is 0.176 e. The molecular formula is C13H16FNO2. The molecule has 0 atom stereocenters. The molecule has 1 N–H and O–H groups in total. The Bertz CT molecular complexity index is 416. The standard InChI is InChI=1S/C13H16FNO2/c1-17-13-5-4-10(6-11(13)14)12(16)8-15-7-9-2-3-9/h4-6,9,15H,2-3,7-8H2,1H3. The van der Waals surface area contributed by atoms with Crippen molar-refractivity contribution in [3.63, 3.8) is 0 Å². The first-order valence-corrected chi connectivity index (χ1v) is 5.78. The highest BCUT2D eigenvalue weighted by atomic mass is 19.1. The Balaban J connectivity index is 1.90. The average molecular weight is 237 g/mol. The average Bonchev–Trinajstić information content (AvgIpc) is 3.13. The van der Waals surface area contributed by atoms with E-state index in [0.717, 1.165) is 12.5 Å². The van der Waals surface area contributed by atoms with Gasteiger partial charge >= 0.3 is 0 Å². The van der Waals surface area contributed by atoms with Crippen LogP contribution in [0.5, 0.6) is 5.75 Å². The Kier molecular flexibility index (Phi) is 3.74. The number of rotatable bonds is 6. The minimum absolute atomic E-state index is 0.0906. The first-order valence-electron chi connectivity index (χ1n) is 5.78. The minimum Gasteiger partial charge on any atom is -0.494 e. The van der Waals surface area contributed by atoms with Gasteiger partial charge in [-0.05, 0) is 43.5 Å². The van der Waals surface area contributed by atoms with Crippen LogP contribution in [0.4, 0.5) is 4.39 Å². The van der Waals surface area contributed by atoms with Crippen molar-refractivity contribution in [2.75, 3.05) is 20.2 Å². The Morgan fingerprint density at radius 1 is 1.53 bits per heavy atom. The van der Waals surface area contributed by atoms with E-state index in [1.165, 1.54) is 32.1 Å². The third-order valence-electron chi connectivity index (χ3n) is 2.89. The van der Waals surface area contributed by atoms with Crippen LogP contribution in [0.15, 0.2) is 18.2 Å². The largest absolute Gasteiger partial charge is 0.494 e. The number of hydrogen-bond donors (Lipinski definition) is 1. The topological polar surface area (TPSA) is 38.3 Å². The second-order valence-corrected chi connectivity index (χ2v) is 4.35. The van der Waals surface area contributed by atoms with E-state index < -0.39 is 5.82 Å². The fourth-order valence-corrected chi connectivity index (χ4v) is 1.65. The van der Waals surface area contributed by atoms with E-state index >= 15 is 0 Å². The highest BCUT2D eigenvalue weighted by molar-refractivity contribution is 5.97. The molecule has 1 aliphatic carbocycles. The Morgan fingerprint density at radius 2 is 2.29 bits per heavy atom. The number of hydrogen-bond acceptors (Lipinski definition) is 3. The normalized spacial score (nSPS) is 14.7. The van der Waals surface area contributed by atoms with Crippen molar-refractivity contribution in [2.45, 2.75) is 12.8 Å². The highest BCUT2D eigenvalue weighted by Gasteiger charge is 2.20. The Morgan fingerprint density at radius 3 is 2.88 bits per heavy atom. The van der Waals surface area contributed by atoms with Crippen LogP contribution in [0.25, 0.3) is 0 Å². The van der Waals surface area contributed by atoms with Crippen molar-refractivity contribution < 1.29 is 13.9 Å². The van der Waals surface area contributed by atoms with Gasteiger partial charge in [-0.15, -0.1) is 0 Å². The van der Waals surface area contributed by atoms with Crippen molar-refractivity contribution in [1.82, 2.24) is 5.32 Å². The van der Waals surface area contributed by atoms with Gasteiger partial charge in [-0.25, -0.2) is 4.39 Å². The maximum atomic E-state index is 13.4. The summed E-state index contributed by atoms with van der Waals surface area (Å²) in [5.74, 6) is 0.302. The van der Waals surface area contributed by atoms with Gasteiger partial charge in [0.15, 0.2) is 17.3 Å². The molecule has 0 heterocycles. The van der Waals surface area contributed by atoms with Gasteiger partial charge in [-0.1, -0.05) is 0 Å². The number of Topliss-reactive ketones (excluding diaryl/α,β-unsaturated/α-hetero) is 1. The van der Waals surface area contributed by atoms with E-state index in [9.17, 15) is 9.18 Å². The maximum Gasteiger partial charge on any atom is 0.176 e. The van der Waals surface area contributed by atoms with E-state index in [1.807, 2.05) is 0 Å². The Labute approximate surface area is 100.0 Å². The van der Waals surface area contributed by atoms with Crippen LogP contribution >= 0.6 is 0 Å². The molecule has 4 heteroatoms. The number of benzene rings is 1. The van der Waals surface area contributed by atoms with Gasteiger partial charge in [-0.2, -0.15) is 0 Å².